The van der Waals surface area contributed by atoms with Crippen LogP contribution in [0.25, 0.3) is 10.2 Å². The molecule has 0 unspecified atom stereocenters. The molecule has 0 spiro atoms. The molecule has 6 nitrogen and oxygen atoms in total. The Labute approximate surface area is 100 Å². The van der Waals surface area contributed by atoms with Crippen LogP contribution in [-0.4, -0.2) is 27.1 Å². The van der Waals surface area contributed by atoms with Gasteiger partial charge in [0.2, 0.25) is 0 Å². The number of aliphatic carboxylic acids is 1. The van der Waals surface area contributed by atoms with Gasteiger partial charge in [0, 0.05) is 0 Å². The number of hydrogen-bond donors (Lipinski definition) is 3. The lowest BCUT2D eigenvalue weighted by atomic mass is 10.3. The summed E-state index contributed by atoms with van der Waals surface area (Å²) < 4.78 is 0.583. The molecule has 0 aromatic carbocycles. The van der Waals surface area contributed by atoms with E-state index in [4.69, 9.17) is 5.11 Å². The largest absolute Gasteiger partial charge is 0.480 e. The van der Waals surface area contributed by atoms with Crippen molar-refractivity contribution in [2.75, 3.05) is 0 Å². The number of aromatic amines is 1. The molecule has 1 atom stereocenters. The molecule has 0 bridgehead atoms. The SMILES string of the molecule is C[C@H](NCc1nc2ccsc2c(=O)[nH]1)C(=O)O. The van der Waals surface area contributed by atoms with Gasteiger partial charge in [-0.15, -0.1) is 11.3 Å². The lowest BCUT2D eigenvalue weighted by Crippen LogP contribution is -2.34. The summed E-state index contributed by atoms with van der Waals surface area (Å²) in [7, 11) is 0. The number of aromatic nitrogens is 2. The molecular weight excluding hydrogens is 242 g/mol. The van der Waals surface area contributed by atoms with Gasteiger partial charge in [-0.05, 0) is 18.4 Å². The topological polar surface area (TPSA) is 95.1 Å². The van der Waals surface area contributed by atoms with Crippen molar-refractivity contribution in [1.29, 1.82) is 0 Å². The first kappa shape index (κ1) is 11.7. The Hall–Kier alpha value is -1.73. The maximum atomic E-state index is 11.6. The average Bonchev–Trinajstić information content (AvgIpc) is 2.74. The molecule has 3 N–H and O–H groups in total. The van der Waals surface area contributed by atoms with Gasteiger partial charge in [-0.1, -0.05) is 0 Å². The zero-order valence-corrected chi connectivity index (χ0v) is 9.87. The number of fused-ring (bicyclic) bond motifs is 1. The monoisotopic (exact) mass is 253 g/mol. The smallest absolute Gasteiger partial charge is 0.320 e. The number of carbonyl (C=O) groups is 1. The zero-order valence-electron chi connectivity index (χ0n) is 9.06. The van der Waals surface area contributed by atoms with Crippen molar-refractivity contribution in [1.82, 2.24) is 15.3 Å². The molecule has 0 saturated heterocycles. The summed E-state index contributed by atoms with van der Waals surface area (Å²) in [4.78, 5) is 29.1. The average molecular weight is 253 g/mol. The van der Waals surface area contributed by atoms with Gasteiger partial charge in [0.15, 0.2) is 0 Å². The number of carboxylic acid groups (broad SMARTS) is 1. The predicted molar refractivity (Wildman–Crippen MR) is 64.2 cm³/mol. The minimum Gasteiger partial charge on any atom is -0.480 e. The van der Waals surface area contributed by atoms with Crippen LogP contribution in [0.2, 0.25) is 0 Å². The van der Waals surface area contributed by atoms with Crippen LogP contribution in [0.15, 0.2) is 16.2 Å². The second-order valence-corrected chi connectivity index (χ2v) is 4.50. The molecule has 0 aliphatic rings. The normalized spacial score (nSPS) is 12.8. The molecule has 0 fully saturated rings. The molecule has 2 rings (SSSR count). The van der Waals surface area contributed by atoms with Crippen molar-refractivity contribution >= 4 is 27.5 Å². The predicted octanol–water partition coefficient (Wildman–Crippen LogP) is 0.547. The van der Waals surface area contributed by atoms with E-state index in [-0.39, 0.29) is 12.1 Å². The van der Waals surface area contributed by atoms with Gasteiger partial charge in [0.05, 0.1) is 12.1 Å². The molecule has 2 heterocycles. The van der Waals surface area contributed by atoms with Crippen LogP contribution in [0.5, 0.6) is 0 Å². The van der Waals surface area contributed by atoms with Crippen molar-refractivity contribution in [3.8, 4) is 0 Å². The number of thiophene rings is 1. The van der Waals surface area contributed by atoms with Crippen LogP contribution < -0.4 is 10.9 Å². The molecule has 2 aromatic heterocycles. The molecule has 2 aromatic rings. The number of nitrogens with zero attached hydrogens (tertiary/aromatic N) is 1. The minimum atomic E-state index is -0.941. The van der Waals surface area contributed by atoms with E-state index in [1.54, 1.807) is 11.4 Å². The first-order valence-corrected chi connectivity index (χ1v) is 5.88. The summed E-state index contributed by atoms with van der Waals surface area (Å²) in [6.07, 6.45) is 0. The van der Waals surface area contributed by atoms with E-state index in [0.717, 1.165) is 0 Å². The fourth-order valence-electron chi connectivity index (χ4n) is 1.34. The quantitative estimate of drug-likeness (QED) is 0.739. The summed E-state index contributed by atoms with van der Waals surface area (Å²) in [5.74, 6) is -0.502. The highest BCUT2D eigenvalue weighted by Crippen LogP contribution is 2.13. The molecule has 0 radical (unpaired) electrons. The Morgan fingerprint density at radius 1 is 1.71 bits per heavy atom. The zero-order chi connectivity index (χ0) is 12.4. The second kappa shape index (κ2) is 4.64. The molecule has 17 heavy (non-hydrogen) atoms. The second-order valence-electron chi connectivity index (χ2n) is 3.59. The number of nitrogens with one attached hydrogen (secondary N) is 2. The van der Waals surface area contributed by atoms with Gasteiger partial charge < -0.3 is 10.1 Å². The highest BCUT2D eigenvalue weighted by atomic mass is 32.1. The van der Waals surface area contributed by atoms with Gasteiger partial charge in [0.25, 0.3) is 5.56 Å². The maximum absolute atomic E-state index is 11.6. The summed E-state index contributed by atoms with van der Waals surface area (Å²) in [5, 5.41) is 13.2. The van der Waals surface area contributed by atoms with Gasteiger partial charge in [-0.3, -0.25) is 14.9 Å². The first-order chi connectivity index (χ1) is 8.08. The number of H-pyrrole nitrogens is 1. The summed E-state index contributed by atoms with van der Waals surface area (Å²) >= 11 is 1.33. The van der Waals surface area contributed by atoms with E-state index < -0.39 is 12.0 Å². The third kappa shape index (κ3) is 2.51. The van der Waals surface area contributed by atoms with Crippen molar-refractivity contribution in [2.45, 2.75) is 19.5 Å². The number of hydrogen-bond acceptors (Lipinski definition) is 5. The number of rotatable bonds is 4. The van der Waals surface area contributed by atoms with E-state index in [0.29, 0.717) is 16.0 Å². The van der Waals surface area contributed by atoms with Gasteiger partial charge in [-0.25, -0.2) is 4.98 Å². The highest BCUT2D eigenvalue weighted by Gasteiger charge is 2.11. The number of carboxylic acids is 1. The summed E-state index contributed by atoms with van der Waals surface area (Å²) in [6, 6.07) is 1.08. The van der Waals surface area contributed by atoms with Crippen molar-refractivity contribution in [3.05, 3.63) is 27.6 Å². The molecular formula is C10H11N3O3S. The molecule has 0 aliphatic carbocycles. The maximum Gasteiger partial charge on any atom is 0.320 e. The lowest BCUT2D eigenvalue weighted by Gasteiger charge is -2.07. The van der Waals surface area contributed by atoms with Crippen LogP contribution in [0.1, 0.15) is 12.7 Å². The molecule has 0 amide bonds. The van der Waals surface area contributed by atoms with E-state index in [2.05, 4.69) is 15.3 Å². The van der Waals surface area contributed by atoms with Gasteiger partial charge in [0.1, 0.15) is 16.6 Å². The van der Waals surface area contributed by atoms with Crippen LogP contribution in [0.3, 0.4) is 0 Å². The van der Waals surface area contributed by atoms with E-state index in [1.807, 2.05) is 0 Å². The van der Waals surface area contributed by atoms with Crippen molar-refractivity contribution < 1.29 is 9.90 Å². The molecule has 7 heteroatoms. The van der Waals surface area contributed by atoms with E-state index in [9.17, 15) is 9.59 Å². The van der Waals surface area contributed by atoms with Crippen LogP contribution >= 0.6 is 11.3 Å². The van der Waals surface area contributed by atoms with Gasteiger partial charge in [-0.2, -0.15) is 0 Å². The Bertz CT molecular complexity index is 604. The Kier molecular flexibility index (Phi) is 3.21. The van der Waals surface area contributed by atoms with Crippen LogP contribution in [-0.2, 0) is 11.3 Å². The first-order valence-electron chi connectivity index (χ1n) is 5.00. The Morgan fingerprint density at radius 2 is 2.47 bits per heavy atom. The van der Waals surface area contributed by atoms with Crippen LogP contribution in [0, 0.1) is 0 Å². The molecule has 0 aliphatic heterocycles. The molecule has 0 saturated carbocycles. The van der Waals surface area contributed by atoms with Gasteiger partial charge >= 0.3 is 5.97 Å². The van der Waals surface area contributed by atoms with E-state index in [1.165, 1.54) is 18.3 Å². The highest BCUT2D eigenvalue weighted by molar-refractivity contribution is 7.17. The third-order valence-corrected chi connectivity index (χ3v) is 3.21. The Morgan fingerprint density at radius 3 is 3.18 bits per heavy atom. The summed E-state index contributed by atoms with van der Waals surface area (Å²) in [6.45, 7) is 1.75. The molecule has 90 valence electrons. The van der Waals surface area contributed by atoms with Crippen molar-refractivity contribution in [3.63, 3.8) is 0 Å². The minimum absolute atomic E-state index is 0.190. The fourth-order valence-corrected chi connectivity index (χ4v) is 2.07. The standard InChI is InChI=1S/C10H11N3O3S/c1-5(10(15)16)11-4-7-12-6-2-3-17-8(6)9(14)13-7/h2-3,5,11H,4H2,1H3,(H,15,16)(H,12,13,14)/t5-/m0/s1. The third-order valence-electron chi connectivity index (χ3n) is 2.31. The lowest BCUT2D eigenvalue weighted by molar-refractivity contribution is -0.139. The van der Waals surface area contributed by atoms with Crippen LogP contribution in [0.4, 0.5) is 0 Å². The Balaban J connectivity index is 2.19. The summed E-state index contributed by atoms with van der Waals surface area (Å²) in [5.41, 5.74) is 0.448. The van der Waals surface area contributed by atoms with E-state index >= 15 is 0 Å². The fraction of sp³-hybridized carbons (Fsp3) is 0.300. The van der Waals surface area contributed by atoms with Crippen molar-refractivity contribution in [2.24, 2.45) is 0 Å².